The van der Waals surface area contributed by atoms with Crippen molar-refractivity contribution in [1.29, 1.82) is 0 Å². The molecule has 1 saturated carbocycles. The molecule has 2 fully saturated rings. The van der Waals surface area contributed by atoms with E-state index in [0.717, 1.165) is 23.8 Å². The minimum absolute atomic E-state index is 0.802. The minimum atomic E-state index is 0.802. The topological polar surface area (TPSA) is 15.3 Å². The van der Waals surface area contributed by atoms with Gasteiger partial charge in [0.1, 0.15) is 0 Å². The van der Waals surface area contributed by atoms with Gasteiger partial charge in [0.25, 0.3) is 0 Å². The highest BCUT2D eigenvalue weighted by molar-refractivity contribution is 4.80. The van der Waals surface area contributed by atoms with Crippen LogP contribution in [0.3, 0.4) is 0 Å². The van der Waals surface area contributed by atoms with Crippen LogP contribution in [0.4, 0.5) is 0 Å². The van der Waals surface area contributed by atoms with Gasteiger partial charge in [0.2, 0.25) is 0 Å². The van der Waals surface area contributed by atoms with Gasteiger partial charge >= 0.3 is 0 Å². The molecular formula is C15H30N2. The second-order valence-electron chi connectivity index (χ2n) is 6.64. The second kappa shape index (κ2) is 6.19. The van der Waals surface area contributed by atoms with Crippen molar-refractivity contribution in [3.8, 4) is 0 Å². The van der Waals surface area contributed by atoms with Crippen molar-refractivity contribution in [1.82, 2.24) is 10.2 Å². The van der Waals surface area contributed by atoms with Crippen molar-refractivity contribution in [3.05, 3.63) is 0 Å². The lowest BCUT2D eigenvalue weighted by Gasteiger charge is -2.28. The molecule has 0 aromatic carbocycles. The molecule has 1 aliphatic heterocycles. The maximum atomic E-state index is 3.77. The summed E-state index contributed by atoms with van der Waals surface area (Å²) in [6.07, 6.45) is 5.67. The maximum Gasteiger partial charge on any atom is 0.0107 e. The van der Waals surface area contributed by atoms with Gasteiger partial charge in [-0.25, -0.2) is 0 Å². The molecule has 100 valence electrons. The van der Waals surface area contributed by atoms with E-state index in [2.05, 4.69) is 31.0 Å². The van der Waals surface area contributed by atoms with E-state index in [1.807, 2.05) is 0 Å². The van der Waals surface area contributed by atoms with Gasteiger partial charge in [-0.15, -0.1) is 0 Å². The first-order chi connectivity index (χ1) is 8.15. The average molecular weight is 238 g/mol. The minimum Gasteiger partial charge on any atom is -0.313 e. The highest BCUT2D eigenvalue weighted by Crippen LogP contribution is 2.24. The van der Waals surface area contributed by atoms with Gasteiger partial charge in [0.15, 0.2) is 0 Å². The van der Waals surface area contributed by atoms with Crippen molar-refractivity contribution in [2.24, 2.45) is 17.8 Å². The first kappa shape index (κ1) is 13.4. The number of rotatable bonds is 4. The number of nitrogens with one attached hydrogen (secondary N) is 1. The summed E-state index contributed by atoms with van der Waals surface area (Å²) in [4.78, 5) is 2.63. The zero-order valence-electron chi connectivity index (χ0n) is 11.9. The fourth-order valence-corrected chi connectivity index (χ4v) is 3.48. The summed E-state index contributed by atoms with van der Waals surface area (Å²) in [5.74, 6) is 2.72. The van der Waals surface area contributed by atoms with Crippen LogP contribution in [0.5, 0.6) is 0 Å². The Morgan fingerprint density at radius 3 is 2.41 bits per heavy atom. The third kappa shape index (κ3) is 3.96. The molecule has 17 heavy (non-hydrogen) atoms. The largest absolute Gasteiger partial charge is 0.313 e. The van der Waals surface area contributed by atoms with Crippen LogP contribution in [-0.4, -0.2) is 37.1 Å². The summed E-state index contributed by atoms with van der Waals surface area (Å²) >= 11 is 0. The Bertz CT molecular complexity index is 214. The van der Waals surface area contributed by atoms with E-state index in [4.69, 9.17) is 0 Å². The molecule has 2 heteroatoms. The van der Waals surface area contributed by atoms with Gasteiger partial charge in [-0.2, -0.15) is 0 Å². The van der Waals surface area contributed by atoms with Crippen LogP contribution in [-0.2, 0) is 0 Å². The summed E-state index contributed by atoms with van der Waals surface area (Å²) < 4.78 is 0. The van der Waals surface area contributed by atoms with E-state index in [0.29, 0.717) is 0 Å². The Hall–Kier alpha value is -0.0800. The van der Waals surface area contributed by atoms with E-state index < -0.39 is 0 Å². The number of likely N-dealkylation sites (tertiary alicyclic amines) is 1. The Morgan fingerprint density at radius 1 is 1.06 bits per heavy atom. The van der Waals surface area contributed by atoms with Gasteiger partial charge in [0, 0.05) is 32.2 Å². The number of hydrogen-bond donors (Lipinski definition) is 1. The molecule has 0 amide bonds. The normalized spacial score (nSPS) is 39.7. The number of nitrogens with zero attached hydrogens (tertiary/aromatic N) is 1. The second-order valence-corrected chi connectivity index (χ2v) is 6.64. The first-order valence-corrected chi connectivity index (χ1v) is 7.61. The fourth-order valence-electron chi connectivity index (χ4n) is 3.48. The molecule has 1 aliphatic carbocycles. The van der Waals surface area contributed by atoms with Crippen LogP contribution < -0.4 is 5.32 Å². The van der Waals surface area contributed by atoms with E-state index in [9.17, 15) is 0 Å². The molecule has 4 atom stereocenters. The third-order valence-corrected chi connectivity index (χ3v) is 4.86. The smallest absolute Gasteiger partial charge is 0.0107 e. The van der Waals surface area contributed by atoms with Gasteiger partial charge in [-0.1, -0.05) is 33.6 Å². The molecule has 1 saturated heterocycles. The lowest BCUT2D eigenvalue weighted by Crippen LogP contribution is -2.38. The highest BCUT2D eigenvalue weighted by atomic mass is 15.2. The van der Waals surface area contributed by atoms with Crippen molar-refractivity contribution < 1.29 is 0 Å². The van der Waals surface area contributed by atoms with Crippen LogP contribution in [0, 0.1) is 17.8 Å². The predicted octanol–water partition coefficient (Wildman–Crippen LogP) is 2.74. The van der Waals surface area contributed by atoms with E-state index in [-0.39, 0.29) is 0 Å². The quantitative estimate of drug-likeness (QED) is 0.810. The van der Waals surface area contributed by atoms with Crippen molar-refractivity contribution in [2.45, 2.75) is 52.5 Å². The molecule has 0 radical (unpaired) electrons. The van der Waals surface area contributed by atoms with Crippen LogP contribution in [0.25, 0.3) is 0 Å². The Balaban J connectivity index is 1.60. The molecule has 2 aliphatic rings. The first-order valence-electron chi connectivity index (χ1n) is 7.61. The van der Waals surface area contributed by atoms with E-state index in [1.165, 1.54) is 51.9 Å². The maximum absolute atomic E-state index is 3.77. The molecule has 4 unspecified atom stereocenters. The summed E-state index contributed by atoms with van der Waals surface area (Å²) in [5, 5.41) is 3.77. The molecule has 2 rings (SSSR count). The van der Waals surface area contributed by atoms with Crippen LogP contribution in [0.1, 0.15) is 46.5 Å². The molecule has 0 aromatic rings. The van der Waals surface area contributed by atoms with Crippen molar-refractivity contribution >= 4 is 0 Å². The van der Waals surface area contributed by atoms with E-state index in [1.54, 1.807) is 0 Å². The molecule has 2 nitrogen and oxygen atoms in total. The third-order valence-electron chi connectivity index (χ3n) is 4.86. The lowest BCUT2D eigenvalue weighted by molar-refractivity contribution is 0.274. The summed E-state index contributed by atoms with van der Waals surface area (Å²) in [6.45, 7) is 12.2. The zero-order chi connectivity index (χ0) is 12.3. The average Bonchev–Trinajstić information content (AvgIpc) is 2.58. The summed E-state index contributed by atoms with van der Waals surface area (Å²) in [7, 11) is 0. The van der Waals surface area contributed by atoms with Crippen LogP contribution >= 0.6 is 0 Å². The summed E-state index contributed by atoms with van der Waals surface area (Å²) in [6, 6.07) is 0.802. The molecule has 1 heterocycles. The molecule has 0 bridgehead atoms. The SMILES string of the molecule is CC1CCCC(NCCN2CC(C)C(C)C2)C1. The van der Waals surface area contributed by atoms with Crippen LogP contribution in [0.15, 0.2) is 0 Å². The summed E-state index contributed by atoms with van der Waals surface area (Å²) in [5.41, 5.74) is 0. The Morgan fingerprint density at radius 2 is 1.76 bits per heavy atom. The molecule has 0 spiro atoms. The van der Waals surface area contributed by atoms with Crippen LogP contribution in [0.2, 0.25) is 0 Å². The number of hydrogen-bond acceptors (Lipinski definition) is 2. The standard InChI is InChI=1S/C15H30N2/c1-12-5-4-6-15(9-12)16-7-8-17-10-13(2)14(3)11-17/h12-16H,4-11H2,1-3H3. The van der Waals surface area contributed by atoms with Gasteiger partial charge in [-0.3, -0.25) is 0 Å². The fraction of sp³-hybridized carbons (Fsp3) is 1.00. The Labute approximate surface area is 107 Å². The molecule has 1 N–H and O–H groups in total. The van der Waals surface area contributed by atoms with Crippen molar-refractivity contribution in [3.63, 3.8) is 0 Å². The highest BCUT2D eigenvalue weighted by Gasteiger charge is 2.25. The monoisotopic (exact) mass is 238 g/mol. The molecular weight excluding hydrogens is 208 g/mol. The van der Waals surface area contributed by atoms with Crippen molar-refractivity contribution in [2.75, 3.05) is 26.2 Å². The van der Waals surface area contributed by atoms with Gasteiger partial charge < -0.3 is 10.2 Å². The molecule has 0 aromatic heterocycles. The lowest BCUT2D eigenvalue weighted by atomic mass is 9.87. The Kier molecular flexibility index (Phi) is 4.87. The van der Waals surface area contributed by atoms with Gasteiger partial charge in [0.05, 0.1) is 0 Å². The predicted molar refractivity (Wildman–Crippen MR) is 74.2 cm³/mol. The van der Waals surface area contributed by atoms with Gasteiger partial charge in [-0.05, 0) is 30.6 Å². The van der Waals surface area contributed by atoms with E-state index >= 15 is 0 Å². The zero-order valence-corrected chi connectivity index (χ0v) is 11.9.